The van der Waals surface area contributed by atoms with Crippen LogP contribution in [0.15, 0.2) is 56.5 Å². The molecule has 13 nitrogen and oxygen atoms in total. The van der Waals surface area contributed by atoms with Gasteiger partial charge in [-0.25, -0.2) is 0 Å². The van der Waals surface area contributed by atoms with Gasteiger partial charge in [-0.1, -0.05) is 12.1 Å². The molecule has 0 spiro atoms. The molecule has 0 fully saturated rings. The summed E-state index contributed by atoms with van der Waals surface area (Å²) in [6.07, 6.45) is 1.70. The van der Waals surface area contributed by atoms with E-state index < -0.39 is 33.0 Å². The van der Waals surface area contributed by atoms with Crippen molar-refractivity contribution in [3.8, 4) is 0 Å². The van der Waals surface area contributed by atoms with Gasteiger partial charge in [0.2, 0.25) is 0 Å². The minimum Gasteiger partial charge on any atom is -0.455 e. The maximum absolute atomic E-state index is 12.8. The topological polar surface area (TPSA) is 182 Å². The molecule has 2 amide bonds. The molecule has 0 saturated heterocycles. The molecule has 1 aliphatic rings. The van der Waals surface area contributed by atoms with Gasteiger partial charge in [0.05, 0.1) is 27.2 Å². The highest BCUT2D eigenvalue weighted by Gasteiger charge is 2.29. The van der Waals surface area contributed by atoms with Crippen molar-refractivity contribution in [1.82, 2.24) is 10.9 Å². The third-order valence-corrected chi connectivity index (χ3v) is 6.33. The Bertz CT molecular complexity index is 1470. The fraction of sp³-hybridized carbons (Fsp3) is 0.174. The van der Waals surface area contributed by atoms with Gasteiger partial charge in [-0.3, -0.25) is 46.1 Å². The minimum atomic E-state index is -0.740. The van der Waals surface area contributed by atoms with E-state index in [0.29, 0.717) is 51.9 Å². The second-order valence-electron chi connectivity index (χ2n) is 7.98. The van der Waals surface area contributed by atoms with E-state index in [4.69, 9.17) is 4.42 Å². The summed E-state index contributed by atoms with van der Waals surface area (Å²) in [6.45, 7) is 1.67. The van der Waals surface area contributed by atoms with Crippen LogP contribution in [0.1, 0.15) is 50.6 Å². The number of hydrazone groups is 1. The van der Waals surface area contributed by atoms with Crippen molar-refractivity contribution in [1.29, 1.82) is 0 Å². The van der Waals surface area contributed by atoms with Crippen LogP contribution in [-0.2, 0) is 6.42 Å². The van der Waals surface area contributed by atoms with Gasteiger partial charge in [0.15, 0.2) is 5.76 Å². The smallest absolute Gasteiger partial charge is 0.305 e. The summed E-state index contributed by atoms with van der Waals surface area (Å²) in [5, 5.41) is 26.7. The standard InChI is InChI=1S/C23H19BrN6O7/c1-12-20-17(26-25-16-10-9-13(29(33)34)11-18(16)30(35)36)7-4-8-19(20)37-21(12)23(32)28-27-22(31)14-5-2-3-6-15(14)24/h2-3,5-6,9-11,25H,4,7-8H2,1H3,(H,27,31)(H,28,32)/b26-17+. The number of hydrogen-bond acceptors (Lipinski definition) is 9. The zero-order valence-electron chi connectivity index (χ0n) is 19.2. The van der Waals surface area contributed by atoms with E-state index in [-0.39, 0.29) is 11.4 Å². The van der Waals surface area contributed by atoms with E-state index in [1.165, 1.54) is 6.07 Å². The van der Waals surface area contributed by atoms with Gasteiger partial charge < -0.3 is 4.42 Å². The summed E-state index contributed by atoms with van der Waals surface area (Å²) < 4.78 is 6.35. The molecule has 190 valence electrons. The number of fused-ring (bicyclic) bond motifs is 1. The highest BCUT2D eigenvalue weighted by molar-refractivity contribution is 9.10. The van der Waals surface area contributed by atoms with E-state index in [1.807, 2.05) is 0 Å². The van der Waals surface area contributed by atoms with Crippen molar-refractivity contribution in [2.75, 3.05) is 5.43 Å². The monoisotopic (exact) mass is 570 g/mol. The summed E-state index contributed by atoms with van der Waals surface area (Å²) in [6, 6.07) is 9.92. The molecule has 3 aromatic rings. The predicted octanol–water partition coefficient (Wildman–Crippen LogP) is 4.39. The number of carbonyl (C=O) groups excluding carboxylic acids is 2. The first-order valence-electron chi connectivity index (χ1n) is 10.9. The number of rotatable bonds is 6. The number of nitrogens with zero attached hydrogens (tertiary/aromatic N) is 3. The molecule has 1 aromatic heterocycles. The van der Waals surface area contributed by atoms with Crippen molar-refractivity contribution in [2.24, 2.45) is 5.10 Å². The highest BCUT2D eigenvalue weighted by atomic mass is 79.9. The third kappa shape index (κ3) is 5.33. The van der Waals surface area contributed by atoms with Crippen LogP contribution < -0.4 is 16.3 Å². The van der Waals surface area contributed by atoms with Gasteiger partial charge >= 0.3 is 11.6 Å². The number of non-ortho nitro benzene ring substituents is 1. The van der Waals surface area contributed by atoms with E-state index in [2.05, 4.69) is 37.3 Å². The van der Waals surface area contributed by atoms with Crippen LogP contribution in [0.2, 0.25) is 0 Å². The average molecular weight is 571 g/mol. The number of halogens is 1. The normalized spacial score (nSPS) is 13.5. The number of amides is 2. The number of benzene rings is 2. The van der Waals surface area contributed by atoms with Crippen LogP contribution in [0.25, 0.3) is 0 Å². The lowest BCUT2D eigenvalue weighted by molar-refractivity contribution is -0.393. The fourth-order valence-corrected chi connectivity index (χ4v) is 4.35. The van der Waals surface area contributed by atoms with Crippen LogP contribution in [-0.4, -0.2) is 27.4 Å². The van der Waals surface area contributed by atoms with Crippen molar-refractivity contribution >= 4 is 50.5 Å². The van der Waals surface area contributed by atoms with E-state index in [1.54, 1.807) is 31.2 Å². The Morgan fingerprint density at radius 3 is 2.46 bits per heavy atom. The number of nitrogens with one attached hydrogen (secondary N) is 3. The number of hydrogen-bond donors (Lipinski definition) is 3. The molecular formula is C23H19BrN6O7. The summed E-state index contributed by atoms with van der Waals surface area (Å²) in [5.41, 5.74) is 8.28. The summed E-state index contributed by atoms with van der Waals surface area (Å²) in [7, 11) is 0. The number of carbonyl (C=O) groups is 2. The quantitative estimate of drug-likeness (QED) is 0.287. The lowest BCUT2D eigenvalue weighted by Crippen LogP contribution is -2.41. The molecule has 0 bridgehead atoms. The van der Waals surface area contributed by atoms with Crippen LogP contribution in [0.4, 0.5) is 17.1 Å². The zero-order valence-corrected chi connectivity index (χ0v) is 20.8. The minimum absolute atomic E-state index is 0.00616. The van der Waals surface area contributed by atoms with Crippen LogP contribution in [0.5, 0.6) is 0 Å². The zero-order chi connectivity index (χ0) is 26.7. The molecule has 1 heterocycles. The van der Waals surface area contributed by atoms with Crippen molar-refractivity contribution < 1.29 is 23.9 Å². The molecule has 14 heteroatoms. The van der Waals surface area contributed by atoms with E-state index >= 15 is 0 Å². The number of nitro benzene ring substituents is 2. The Labute approximate surface area is 217 Å². The van der Waals surface area contributed by atoms with E-state index in [0.717, 1.165) is 12.1 Å². The van der Waals surface area contributed by atoms with Crippen LogP contribution in [0, 0.1) is 27.2 Å². The van der Waals surface area contributed by atoms with Crippen molar-refractivity contribution in [3.63, 3.8) is 0 Å². The molecular weight excluding hydrogens is 552 g/mol. The van der Waals surface area contributed by atoms with Crippen LogP contribution in [0.3, 0.4) is 0 Å². The van der Waals surface area contributed by atoms with Crippen molar-refractivity contribution in [2.45, 2.75) is 26.2 Å². The predicted molar refractivity (Wildman–Crippen MR) is 135 cm³/mol. The number of furan rings is 1. The van der Waals surface area contributed by atoms with E-state index in [9.17, 15) is 29.8 Å². The first kappa shape index (κ1) is 25.5. The summed E-state index contributed by atoms with van der Waals surface area (Å²) in [5.74, 6) is -0.672. The van der Waals surface area contributed by atoms with Gasteiger partial charge in [0, 0.05) is 28.1 Å². The molecule has 3 N–H and O–H groups in total. The molecule has 2 aromatic carbocycles. The Hall–Kier alpha value is -4.59. The van der Waals surface area contributed by atoms with Gasteiger partial charge in [-0.05, 0) is 53.9 Å². The summed E-state index contributed by atoms with van der Waals surface area (Å²) in [4.78, 5) is 46.1. The Balaban J connectivity index is 1.55. The first-order valence-corrected chi connectivity index (χ1v) is 11.7. The number of nitro groups is 2. The molecule has 4 rings (SSSR count). The van der Waals surface area contributed by atoms with Gasteiger partial charge in [0.25, 0.3) is 11.6 Å². The second kappa shape index (κ2) is 10.6. The first-order chi connectivity index (χ1) is 17.7. The number of anilines is 1. The largest absolute Gasteiger partial charge is 0.455 e. The molecule has 0 radical (unpaired) electrons. The Morgan fingerprint density at radius 2 is 1.76 bits per heavy atom. The van der Waals surface area contributed by atoms with Gasteiger partial charge in [-0.2, -0.15) is 5.10 Å². The molecule has 0 aliphatic heterocycles. The second-order valence-corrected chi connectivity index (χ2v) is 8.84. The van der Waals surface area contributed by atoms with Gasteiger partial charge in [-0.15, -0.1) is 0 Å². The molecule has 0 saturated carbocycles. The fourth-order valence-electron chi connectivity index (χ4n) is 3.89. The van der Waals surface area contributed by atoms with Crippen molar-refractivity contribution in [3.05, 3.63) is 95.4 Å². The number of hydrazine groups is 1. The maximum Gasteiger partial charge on any atom is 0.305 e. The van der Waals surface area contributed by atoms with Crippen LogP contribution >= 0.6 is 15.9 Å². The van der Waals surface area contributed by atoms with Gasteiger partial charge in [0.1, 0.15) is 11.4 Å². The third-order valence-electron chi connectivity index (χ3n) is 5.64. The molecule has 0 unspecified atom stereocenters. The SMILES string of the molecule is Cc1c(C(=O)NNC(=O)c2ccccc2Br)oc2c1/C(=N/Nc1ccc([N+](=O)[O-])cc1[N+](=O)[O-])CCC2. The average Bonchev–Trinajstić information content (AvgIpc) is 3.22. The maximum atomic E-state index is 12.8. The Morgan fingerprint density at radius 1 is 1.03 bits per heavy atom. The summed E-state index contributed by atoms with van der Waals surface area (Å²) >= 11 is 3.28. The number of aryl methyl sites for hydroxylation is 1. The molecule has 1 aliphatic carbocycles. The molecule has 37 heavy (non-hydrogen) atoms. The lowest BCUT2D eigenvalue weighted by atomic mass is 9.93. The highest BCUT2D eigenvalue weighted by Crippen LogP contribution is 2.32. The Kier molecular flexibility index (Phi) is 7.29. The molecule has 0 atom stereocenters. The lowest BCUT2D eigenvalue weighted by Gasteiger charge is -2.13.